The normalized spacial score (nSPS) is 22.7. The van der Waals surface area contributed by atoms with Crippen LogP contribution in [0.15, 0.2) is 24.3 Å². The predicted molar refractivity (Wildman–Crippen MR) is 73.1 cm³/mol. The summed E-state index contributed by atoms with van der Waals surface area (Å²) in [7, 11) is 0. The molecule has 1 N–H and O–H groups in total. The Morgan fingerprint density at radius 2 is 2.28 bits per heavy atom. The van der Waals surface area contributed by atoms with Crippen molar-refractivity contribution in [3.05, 3.63) is 29.8 Å². The maximum atomic E-state index is 5.79. The molecule has 0 saturated carbocycles. The lowest BCUT2D eigenvalue weighted by molar-refractivity contribution is -0.0412. The van der Waals surface area contributed by atoms with E-state index in [4.69, 9.17) is 9.47 Å². The quantitative estimate of drug-likeness (QED) is 0.889. The first kappa shape index (κ1) is 13.4. The first-order valence-corrected chi connectivity index (χ1v) is 6.67. The average molecular weight is 249 g/mol. The van der Waals surface area contributed by atoms with Gasteiger partial charge in [-0.15, -0.1) is 0 Å². The molecule has 3 nitrogen and oxygen atoms in total. The van der Waals surface area contributed by atoms with Crippen LogP contribution in [-0.4, -0.2) is 31.4 Å². The second kappa shape index (κ2) is 5.72. The molecule has 1 unspecified atom stereocenters. The van der Waals surface area contributed by atoms with Crippen LogP contribution in [0.3, 0.4) is 0 Å². The first-order valence-electron chi connectivity index (χ1n) is 6.67. The van der Waals surface area contributed by atoms with Crippen molar-refractivity contribution in [1.29, 1.82) is 0 Å². The SMILES string of the molecule is CCc1cccc(OCC2CNC(C)(C)CO2)c1. The molecule has 1 heterocycles. The van der Waals surface area contributed by atoms with Gasteiger partial charge in [0.25, 0.3) is 0 Å². The van der Waals surface area contributed by atoms with E-state index in [2.05, 4.69) is 38.2 Å². The zero-order valence-corrected chi connectivity index (χ0v) is 11.5. The molecular formula is C15H23NO2. The molecule has 0 aliphatic carbocycles. The van der Waals surface area contributed by atoms with Gasteiger partial charge in [-0.2, -0.15) is 0 Å². The molecule has 0 amide bonds. The van der Waals surface area contributed by atoms with Crippen molar-refractivity contribution >= 4 is 0 Å². The van der Waals surface area contributed by atoms with Crippen LogP contribution in [-0.2, 0) is 11.2 Å². The number of nitrogens with one attached hydrogen (secondary N) is 1. The molecule has 1 aliphatic heterocycles. The smallest absolute Gasteiger partial charge is 0.119 e. The monoisotopic (exact) mass is 249 g/mol. The fourth-order valence-corrected chi connectivity index (χ4v) is 1.98. The number of hydrogen-bond donors (Lipinski definition) is 1. The Bertz CT molecular complexity index is 380. The Kier molecular flexibility index (Phi) is 4.25. The highest BCUT2D eigenvalue weighted by molar-refractivity contribution is 5.28. The Hall–Kier alpha value is -1.06. The van der Waals surface area contributed by atoms with E-state index in [1.807, 2.05) is 12.1 Å². The third kappa shape index (κ3) is 3.72. The Balaban J connectivity index is 1.81. The zero-order chi connectivity index (χ0) is 13.0. The molecule has 0 radical (unpaired) electrons. The molecular weight excluding hydrogens is 226 g/mol. The molecule has 100 valence electrons. The number of ether oxygens (including phenoxy) is 2. The maximum Gasteiger partial charge on any atom is 0.119 e. The van der Waals surface area contributed by atoms with Gasteiger partial charge in [-0.3, -0.25) is 0 Å². The summed E-state index contributed by atoms with van der Waals surface area (Å²) in [4.78, 5) is 0. The summed E-state index contributed by atoms with van der Waals surface area (Å²) in [6, 6.07) is 8.25. The molecule has 0 bridgehead atoms. The third-order valence-electron chi connectivity index (χ3n) is 3.23. The second-order valence-electron chi connectivity index (χ2n) is 5.51. The van der Waals surface area contributed by atoms with E-state index in [-0.39, 0.29) is 11.6 Å². The van der Waals surface area contributed by atoms with Crippen molar-refractivity contribution < 1.29 is 9.47 Å². The van der Waals surface area contributed by atoms with Gasteiger partial charge in [-0.1, -0.05) is 19.1 Å². The Labute approximate surface area is 109 Å². The lowest BCUT2D eigenvalue weighted by atomic mass is 10.1. The highest BCUT2D eigenvalue weighted by Crippen LogP contribution is 2.16. The van der Waals surface area contributed by atoms with E-state index in [1.54, 1.807) is 0 Å². The molecule has 2 rings (SSSR count). The van der Waals surface area contributed by atoms with E-state index in [9.17, 15) is 0 Å². The highest BCUT2D eigenvalue weighted by atomic mass is 16.5. The largest absolute Gasteiger partial charge is 0.491 e. The maximum absolute atomic E-state index is 5.79. The minimum atomic E-state index is 0.0820. The van der Waals surface area contributed by atoms with Gasteiger partial charge in [-0.05, 0) is 38.0 Å². The summed E-state index contributed by atoms with van der Waals surface area (Å²) < 4.78 is 11.6. The van der Waals surface area contributed by atoms with Crippen LogP contribution in [0.25, 0.3) is 0 Å². The van der Waals surface area contributed by atoms with Crippen molar-refractivity contribution in [1.82, 2.24) is 5.32 Å². The van der Waals surface area contributed by atoms with E-state index in [1.165, 1.54) is 5.56 Å². The predicted octanol–water partition coefficient (Wildman–Crippen LogP) is 2.39. The lowest BCUT2D eigenvalue weighted by Gasteiger charge is -2.35. The molecule has 1 aromatic rings. The van der Waals surface area contributed by atoms with Gasteiger partial charge < -0.3 is 14.8 Å². The van der Waals surface area contributed by atoms with Gasteiger partial charge in [0, 0.05) is 12.1 Å². The van der Waals surface area contributed by atoms with E-state index in [0.717, 1.165) is 25.3 Å². The molecule has 0 spiro atoms. The Morgan fingerprint density at radius 3 is 2.94 bits per heavy atom. The summed E-state index contributed by atoms with van der Waals surface area (Å²) in [6.07, 6.45) is 1.18. The molecule has 1 fully saturated rings. The van der Waals surface area contributed by atoms with Gasteiger partial charge >= 0.3 is 0 Å². The zero-order valence-electron chi connectivity index (χ0n) is 11.5. The molecule has 3 heteroatoms. The summed E-state index contributed by atoms with van der Waals surface area (Å²) in [5, 5.41) is 3.46. The van der Waals surface area contributed by atoms with E-state index in [0.29, 0.717) is 6.61 Å². The van der Waals surface area contributed by atoms with Gasteiger partial charge in [0.1, 0.15) is 18.5 Å². The van der Waals surface area contributed by atoms with Crippen molar-refractivity contribution in [3.63, 3.8) is 0 Å². The number of benzene rings is 1. The standard InChI is InChI=1S/C15H23NO2/c1-4-12-6-5-7-13(8-12)17-10-14-9-16-15(2,3)11-18-14/h5-8,14,16H,4,9-11H2,1-3H3. The lowest BCUT2D eigenvalue weighted by Crippen LogP contribution is -2.54. The second-order valence-corrected chi connectivity index (χ2v) is 5.51. The van der Waals surface area contributed by atoms with Gasteiger partial charge in [0.2, 0.25) is 0 Å². The number of rotatable bonds is 4. The summed E-state index contributed by atoms with van der Waals surface area (Å²) >= 11 is 0. The number of hydrogen-bond acceptors (Lipinski definition) is 3. The van der Waals surface area contributed by atoms with Crippen molar-refractivity contribution in [2.45, 2.75) is 38.8 Å². The number of morpholine rings is 1. The van der Waals surface area contributed by atoms with Crippen LogP contribution < -0.4 is 10.1 Å². The van der Waals surface area contributed by atoms with Crippen LogP contribution in [0.2, 0.25) is 0 Å². The van der Waals surface area contributed by atoms with Crippen LogP contribution in [0.1, 0.15) is 26.3 Å². The molecule has 18 heavy (non-hydrogen) atoms. The van der Waals surface area contributed by atoms with Crippen molar-refractivity contribution in [2.75, 3.05) is 19.8 Å². The fraction of sp³-hybridized carbons (Fsp3) is 0.600. The van der Waals surface area contributed by atoms with E-state index >= 15 is 0 Å². The topological polar surface area (TPSA) is 30.5 Å². The first-order chi connectivity index (χ1) is 8.59. The summed E-state index contributed by atoms with van der Waals surface area (Å²) in [6.45, 7) is 8.63. The highest BCUT2D eigenvalue weighted by Gasteiger charge is 2.26. The molecule has 1 saturated heterocycles. The van der Waals surface area contributed by atoms with Crippen molar-refractivity contribution in [2.24, 2.45) is 0 Å². The van der Waals surface area contributed by atoms with Gasteiger partial charge in [0.05, 0.1) is 6.61 Å². The molecule has 0 aromatic heterocycles. The van der Waals surface area contributed by atoms with E-state index < -0.39 is 0 Å². The van der Waals surface area contributed by atoms with Gasteiger partial charge in [0.15, 0.2) is 0 Å². The Morgan fingerprint density at radius 1 is 1.44 bits per heavy atom. The van der Waals surface area contributed by atoms with Crippen LogP contribution in [0.4, 0.5) is 0 Å². The van der Waals surface area contributed by atoms with Crippen LogP contribution >= 0.6 is 0 Å². The number of aryl methyl sites for hydroxylation is 1. The fourth-order valence-electron chi connectivity index (χ4n) is 1.98. The molecule has 1 aromatic carbocycles. The van der Waals surface area contributed by atoms with Crippen LogP contribution in [0, 0.1) is 0 Å². The van der Waals surface area contributed by atoms with Crippen LogP contribution in [0.5, 0.6) is 5.75 Å². The summed E-state index contributed by atoms with van der Waals surface area (Å²) in [5.41, 5.74) is 1.38. The van der Waals surface area contributed by atoms with Crippen molar-refractivity contribution in [3.8, 4) is 5.75 Å². The third-order valence-corrected chi connectivity index (χ3v) is 3.23. The minimum Gasteiger partial charge on any atom is -0.491 e. The minimum absolute atomic E-state index is 0.0820. The van der Waals surface area contributed by atoms with Gasteiger partial charge in [-0.25, -0.2) is 0 Å². The molecule has 1 aliphatic rings. The summed E-state index contributed by atoms with van der Waals surface area (Å²) in [5.74, 6) is 0.933. The molecule has 1 atom stereocenters. The average Bonchev–Trinajstić information content (AvgIpc) is 2.38.